The van der Waals surface area contributed by atoms with Crippen molar-refractivity contribution in [3.63, 3.8) is 0 Å². The zero-order valence-electron chi connectivity index (χ0n) is 17.2. The molecule has 1 N–H and O–H groups in total. The van der Waals surface area contributed by atoms with E-state index >= 15 is 0 Å². The molecule has 29 heavy (non-hydrogen) atoms. The molecule has 0 radical (unpaired) electrons. The SMILES string of the molecule is C=C[C@H]1CN2CCc3c([nH]c4cccc(OC)c34)[C@H]2C[C@@H]1/C(=C\OC)C(=O)OC. The highest BCUT2D eigenvalue weighted by Crippen LogP contribution is 2.46. The second-order valence-corrected chi connectivity index (χ2v) is 7.70. The highest BCUT2D eigenvalue weighted by molar-refractivity contribution is 5.91. The summed E-state index contributed by atoms with van der Waals surface area (Å²) in [7, 11) is 4.68. The molecule has 6 heteroatoms. The summed E-state index contributed by atoms with van der Waals surface area (Å²) in [6, 6.07) is 6.31. The number of carbonyl (C=O) groups excluding carboxylic acids is 1. The van der Waals surface area contributed by atoms with E-state index in [1.807, 2.05) is 18.2 Å². The van der Waals surface area contributed by atoms with Gasteiger partial charge in [-0.2, -0.15) is 0 Å². The standard InChI is InChI=1S/C23H28N2O4/c1-5-14-12-25-10-9-15-21-18(7-6-8-20(21)28-3)24-22(15)19(25)11-16(14)17(13-27-2)23(26)29-4/h5-8,13-14,16,19,24H,1,9-12H2,2-4H3/b17-13+/t14-,16-,19+/m0/s1. The van der Waals surface area contributed by atoms with Crippen molar-refractivity contribution in [2.45, 2.75) is 18.9 Å². The summed E-state index contributed by atoms with van der Waals surface area (Å²) in [5.74, 6) is 0.707. The number of piperidine rings is 1. The molecule has 0 amide bonds. The molecule has 2 aliphatic heterocycles. The molecule has 6 nitrogen and oxygen atoms in total. The van der Waals surface area contributed by atoms with E-state index in [0.717, 1.165) is 37.2 Å². The van der Waals surface area contributed by atoms with Gasteiger partial charge in [-0.15, -0.1) is 6.58 Å². The van der Waals surface area contributed by atoms with E-state index in [2.05, 4.69) is 22.5 Å². The van der Waals surface area contributed by atoms with Gasteiger partial charge in [0, 0.05) is 35.6 Å². The predicted octanol–water partition coefficient (Wildman–Crippen LogP) is 3.60. The quantitative estimate of drug-likeness (QED) is 0.362. The highest BCUT2D eigenvalue weighted by Gasteiger charge is 2.42. The summed E-state index contributed by atoms with van der Waals surface area (Å²) in [6.07, 6.45) is 5.25. The summed E-state index contributed by atoms with van der Waals surface area (Å²) in [4.78, 5) is 18.6. The Hall–Kier alpha value is -2.73. The maximum absolute atomic E-state index is 12.4. The van der Waals surface area contributed by atoms with Gasteiger partial charge in [-0.3, -0.25) is 4.90 Å². The Morgan fingerprint density at radius 1 is 1.31 bits per heavy atom. The minimum atomic E-state index is -0.341. The van der Waals surface area contributed by atoms with Crippen LogP contribution >= 0.6 is 0 Å². The fourth-order valence-corrected chi connectivity index (χ4v) is 5.04. The number of benzene rings is 1. The molecule has 1 aromatic heterocycles. The van der Waals surface area contributed by atoms with Crippen LogP contribution in [-0.2, 0) is 20.7 Å². The highest BCUT2D eigenvalue weighted by atomic mass is 16.5. The topological polar surface area (TPSA) is 63.8 Å². The number of H-pyrrole nitrogens is 1. The van der Waals surface area contributed by atoms with Crippen LogP contribution in [0.25, 0.3) is 10.9 Å². The molecule has 1 fully saturated rings. The van der Waals surface area contributed by atoms with E-state index in [-0.39, 0.29) is 23.8 Å². The van der Waals surface area contributed by atoms with Gasteiger partial charge in [0.1, 0.15) is 5.75 Å². The number of hydrogen-bond acceptors (Lipinski definition) is 5. The predicted molar refractivity (Wildman–Crippen MR) is 112 cm³/mol. The van der Waals surface area contributed by atoms with E-state index in [1.54, 1.807) is 14.2 Å². The molecule has 0 saturated carbocycles. The number of rotatable bonds is 5. The molecule has 2 aliphatic rings. The second-order valence-electron chi connectivity index (χ2n) is 7.70. The number of fused-ring (bicyclic) bond motifs is 5. The number of esters is 1. The first-order valence-electron chi connectivity index (χ1n) is 9.98. The smallest absolute Gasteiger partial charge is 0.337 e. The van der Waals surface area contributed by atoms with Crippen LogP contribution in [0, 0.1) is 11.8 Å². The normalized spacial score (nSPS) is 24.5. The maximum Gasteiger partial charge on any atom is 0.337 e. The molecule has 0 aliphatic carbocycles. The van der Waals surface area contributed by atoms with Crippen LogP contribution in [0.4, 0.5) is 0 Å². The molecule has 0 bridgehead atoms. The lowest BCUT2D eigenvalue weighted by Gasteiger charge is -2.45. The van der Waals surface area contributed by atoms with Crippen molar-refractivity contribution >= 4 is 16.9 Å². The number of aromatic nitrogens is 1. The van der Waals surface area contributed by atoms with Crippen LogP contribution < -0.4 is 4.74 Å². The van der Waals surface area contributed by atoms with Gasteiger partial charge in [-0.25, -0.2) is 4.79 Å². The molecule has 4 rings (SSSR count). The average Bonchev–Trinajstić information content (AvgIpc) is 3.15. The van der Waals surface area contributed by atoms with Gasteiger partial charge in [0.15, 0.2) is 0 Å². The summed E-state index contributed by atoms with van der Waals surface area (Å²) >= 11 is 0. The van der Waals surface area contributed by atoms with E-state index in [0.29, 0.717) is 5.57 Å². The van der Waals surface area contributed by atoms with Crippen molar-refractivity contribution in [1.29, 1.82) is 0 Å². The van der Waals surface area contributed by atoms with Gasteiger partial charge < -0.3 is 19.2 Å². The first-order valence-corrected chi connectivity index (χ1v) is 9.98. The van der Waals surface area contributed by atoms with Crippen molar-refractivity contribution in [1.82, 2.24) is 9.88 Å². The Balaban J connectivity index is 1.77. The number of nitrogens with one attached hydrogen (secondary N) is 1. The fraction of sp³-hybridized carbons (Fsp3) is 0.435. The van der Waals surface area contributed by atoms with Crippen molar-refractivity contribution in [3.8, 4) is 5.75 Å². The van der Waals surface area contributed by atoms with Crippen molar-refractivity contribution < 1.29 is 19.0 Å². The molecular formula is C23H28N2O4. The lowest BCUT2D eigenvalue weighted by Crippen LogP contribution is -2.46. The molecule has 2 aromatic rings. The second kappa shape index (κ2) is 7.95. The van der Waals surface area contributed by atoms with Gasteiger partial charge in [-0.1, -0.05) is 12.1 Å². The third-order valence-corrected chi connectivity index (χ3v) is 6.37. The third-order valence-electron chi connectivity index (χ3n) is 6.37. The fourth-order valence-electron chi connectivity index (χ4n) is 5.04. The summed E-state index contributed by atoms with van der Waals surface area (Å²) in [6.45, 7) is 5.85. The zero-order chi connectivity index (χ0) is 20.5. The van der Waals surface area contributed by atoms with Crippen LogP contribution in [0.15, 0.2) is 42.7 Å². The van der Waals surface area contributed by atoms with E-state index in [1.165, 1.54) is 30.0 Å². The van der Waals surface area contributed by atoms with Crippen LogP contribution in [0.5, 0.6) is 5.75 Å². The molecule has 1 saturated heterocycles. The molecule has 154 valence electrons. The van der Waals surface area contributed by atoms with Gasteiger partial charge in [0.05, 0.1) is 39.2 Å². The number of ether oxygens (including phenoxy) is 3. The van der Waals surface area contributed by atoms with E-state index < -0.39 is 0 Å². The molecule has 3 heterocycles. The van der Waals surface area contributed by atoms with Crippen LogP contribution in [-0.4, -0.2) is 50.3 Å². The lowest BCUT2D eigenvalue weighted by molar-refractivity contribution is -0.137. The van der Waals surface area contributed by atoms with Crippen LogP contribution in [0.3, 0.4) is 0 Å². The summed E-state index contributed by atoms with van der Waals surface area (Å²) in [5.41, 5.74) is 4.22. The van der Waals surface area contributed by atoms with E-state index in [4.69, 9.17) is 14.2 Å². The number of nitrogens with zero attached hydrogens (tertiary/aromatic N) is 1. The van der Waals surface area contributed by atoms with Crippen LogP contribution in [0.1, 0.15) is 23.7 Å². The Kier molecular flexibility index (Phi) is 5.37. The Labute approximate surface area is 171 Å². The minimum absolute atomic E-state index is 0.0135. The van der Waals surface area contributed by atoms with Crippen LogP contribution in [0.2, 0.25) is 0 Å². The summed E-state index contributed by atoms with van der Waals surface area (Å²) in [5, 5.41) is 1.17. The first-order chi connectivity index (χ1) is 14.1. The lowest BCUT2D eigenvalue weighted by atomic mass is 9.75. The zero-order valence-corrected chi connectivity index (χ0v) is 17.2. The van der Waals surface area contributed by atoms with E-state index in [9.17, 15) is 4.79 Å². The maximum atomic E-state index is 12.4. The Bertz CT molecular complexity index is 961. The number of methoxy groups -OCH3 is 3. The number of hydrogen-bond donors (Lipinski definition) is 1. The summed E-state index contributed by atoms with van der Waals surface area (Å²) < 4.78 is 15.9. The monoisotopic (exact) mass is 396 g/mol. The molecule has 0 spiro atoms. The molecule has 0 unspecified atom stereocenters. The third kappa shape index (κ3) is 3.21. The van der Waals surface area contributed by atoms with Gasteiger partial charge >= 0.3 is 5.97 Å². The minimum Gasteiger partial charge on any atom is -0.504 e. The Morgan fingerprint density at radius 2 is 2.14 bits per heavy atom. The van der Waals surface area contributed by atoms with Gasteiger partial charge in [-0.05, 0) is 36.5 Å². The van der Waals surface area contributed by atoms with Crippen molar-refractivity contribution in [2.24, 2.45) is 11.8 Å². The Morgan fingerprint density at radius 3 is 2.83 bits per heavy atom. The molecule has 3 atom stereocenters. The van der Waals surface area contributed by atoms with Crippen molar-refractivity contribution in [3.05, 3.63) is 53.9 Å². The van der Waals surface area contributed by atoms with Gasteiger partial charge in [0.2, 0.25) is 0 Å². The number of aromatic amines is 1. The molecule has 1 aromatic carbocycles. The first kappa shape index (κ1) is 19.6. The molecular weight excluding hydrogens is 368 g/mol. The largest absolute Gasteiger partial charge is 0.504 e. The van der Waals surface area contributed by atoms with Gasteiger partial charge in [0.25, 0.3) is 0 Å². The average molecular weight is 396 g/mol. The van der Waals surface area contributed by atoms with Crippen molar-refractivity contribution in [2.75, 3.05) is 34.4 Å². The number of carbonyl (C=O) groups is 1.